The van der Waals surface area contributed by atoms with Crippen LogP contribution in [0.25, 0.3) is 0 Å². The van der Waals surface area contributed by atoms with Gasteiger partial charge in [0.25, 0.3) is 0 Å². The Hall–Kier alpha value is -1.43. The lowest BCUT2D eigenvalue weighted by molar-refractivity contribution is -0.138. The molecule has 0 aromatic rings. The van der Waals surface area contributed by atoms with Crippen LogP contribution in [0, 0.1) is 0 Å². The molecule has 2 amide bonds. The van der Waals surface area contributed by atoms with Crippen LogP contribution in [0.15, 0.2) is 0 Å². The molecule has 6 heteroatoms. The molecule has 0 fully saturated rings. The zero-order chi connectivity index (χ0) is 17.5. The molecule has 1 atom stereocenters. The highest BCUT2D eigenvalue weighted by molar-refractivity contribution is 5.95. The van der Waals surface area contributed by atoms with Crippen LogP contribution in [0.5, 0.6) is 0 Å². The van der Waals surface area contributed by atoms with Crippen LogP contribution in [0.3, 0.4) is 0 Å². The molecular weight excluding hydrogens is 296 g/mol. The number of hydrogen-bond donors (Lipinski definition) is 3. The first kappa shape index (κ1) is 21.6. The van der Waals surface area contributed by atoms with Gasteiger partial charge in [-0.1, -0.05) is 58.3 Å². The average Bonchev–Trinajstić information content (AvgIpc) is 2.50. The first-order valence-electron chi connectivity index (χ1n) is 8.78. The van der Waals surface area contributed by atoms with Gasteiger partial charge < -0.3 is 10.8 Å². The number of aliphatic carboxylic acids is 1. The van der Waals surface area contributed by atoms with E-state index in [1.165, 1.54) is 38.5 Å². The van der Waals surface area contributed by atoms with Gasteiger partial charge in [0.2, 0.25) is 11.8 Å². The molecule has 134 valence electrons. The fourth-order valence-corrected chi connectivity index (χ4v) is 2.29. The standard InChI is InChI=1S/C17H32N2O4/c1-2-3-4-5-6-7-8-9-10-11-15(20)19-16(21)13-12-14(18)17(22)23/h14H,2-13,18H2,1H3,(H,22,23)(H,19,20,21). The second-order valence-electron chi connectivity index (χ2n) is 6.03. The number of carboxylic acid groups (broad SMARTS) is 1. The Morgan fingerprint density at radius 3 is 1.87 bits per heavy atom. The van der Waals surface area contributed by atoms with Gasteiger partial charge in [-0.25, -0.2) is 0 Å². The van der Waals surface area contributed by atoms with Crippen molar-refractivity contribution in [2.75, 3.05) is 0 Å². The predicted molar refractivity (Wildman–Crippen MR) is 89.8 cm³/mol. The van der Waals surface area contributed by atoms with E-state index < -0.39 is 17.9 Å². The van der Waals surface area contributed by atoms with Crippen molar-refractivity contribution in [2.45, 2.75) is 90.0 Å². The number of unbranched alkanes of at least 4 members (excludes halogenated alkanes) is 8. The lowest BCUT2D eigenvalue weighted by Gasteiger charge is -2.07. The Kier molecular flexibility index (Phi) is 13.3. The zero-order valence-corrected chi connectivity index (χ0v) is 14.3. The van der Waals surface area contributed by atoms with Gasteiger partial charge in [0, 0.05) is 12.8 Å². The number of carboxylic acids is 1. The Bertz CT molecular complexity index is 359. The number of carbonyl (C=O) groups excluding carboxylic acids is 2. The minimum atomic E-state index is -1.14. The van der Waals surface area contributed by atoms with E-state index in [2.05, 4.69) is 12.2 Å². The molecular formula is C17H32N2O4. The number of nitrogens with two attached hydrogens (primary N) is 1. The lowest BCUT2D eigenvalue weighted by atomic mass is 10.1. The van der Waals surface area contributed by atoms with Gasteiger partial charge in [-0.2, -0.15) is 0 Å². The van der Waals surface area contributed by atoms with E-state index in [0.29, 0.717) is 6.42 Å². The predicted octanol–water partition coefficient (Wildman–Crippen LogP) is 2.74. The Morgan fingerprint density at radius 1 is 0.870 bits per heavy atom. The SMILES string of the molecule is CCCCCCCCCCCC(=O)NC(=O)CCC(N)C(=O)O. The Morgan fingerprint density at radius 2 is 1.35 bits per heavy atom. The molecule has 6 nitrogen and oxygen atoms in total. The van der Waals surface area contributed by atoms with Gasteiger partial charge in [0.1, 0.15) is 6.04 Å². The van der Waals surface area contributed by atoms with E-state index in [1.54, 1.807) is 0 Å². The van der Waals surface area contributed by atoms with Crippen LogP contribution in [-0.4, -0.2) is 28.9 Å². The lowest BCUT2D eigenvalue weighted by Crippen LogP contribution is -2.34. The van der Waals surface area contributed by atoms with Crippen molar-refractivity contribution in [1.82, 2.24) is 5.32 Å². The third-order valence-electron chi connectivity index (χ3n) is 3.79. The molecule has 4 N–H and O–H groups in total. The van der Waals surface area contributed by atoms with E-state index in [1.807, 2.05) is 0 Å². The smallest absolute Gasteiger partial charge is 0.320 e. The van der Waals surface area contributed by atoms with E-state index in [4.69, 9.17) is 10.8 Å². The number of amides is 2. The van der Waals surface area contributed by atoms with Crippen LogP contribution in [0.2, 0.25) is 0 Å². The molecule has 0 aromatic carbocycles. The topological polar surface area (TPSA) is 109 Å². The molecule has 0 aliphatic carbocycles. The monoisotopic (exact) mass is 328 g/mol. The summed E-state index contributed by atoms with van der Waals surface area (Å²) in [5.41, 5.74) is 5.30. The van der Waals surface area contributed by atoms with Crippen molar-refractivity contribution >= 4 is 17.8 Å². The van der Waals surface area contributed by atoms with E-state index in [9.17, 15) is 14.4 Å². The highest BCUT2D eigenvalue weighted by Crippen LogP contribution is 2.10. The van der Waals surface area contributed by atoms with Crippen LogP contribution in [0.1, 0.15) is 84.0 Å². The van der Waals surface area contributed by atoms with E-state index >= 15 is 0 Å². The molecule has 0 saturated carbocycles. The first-order valence-corrected chi connectivity index (χ1v) is 8.78. The maximum atomic E-state index is 11.6. The highest BCUT2D eigenvalue weighted by atomic mass is 16.4. The summed E-state index contributed by atoms with van der Waals surface area (Å²) < 4.78 is 0. The summed E-state index contributed by atoms with van der Waals surface area (Å²) in [5.74, 6) is -1.89. The normalized spacial score (nSPS) is 11.9. The van der Waals surface area contributed by atoms with Crippen molar-refractivity contribution < 1.29 is 19.5 Å². The van der Waals surface area contributed by atoms with E-state index in [-0.39, 0.29) is 18.7 Å². The minimum absolute atomic E-state index is 0.0342. The van der Waals surface area contributed by atoms with Gasteiger partial charge in [-0.15, -0.1) is 0 Å². The van der Waals surface area contributed by atoms with Crippen molar-refractivity contribution in [3.05, 3.63) is 0 Å². The van der Waals surface area contributed by atoms with Crippen LogP contribution >= 0.6 is 0 Å². The minimum Gasteiger partial charge on any atom is -0.480 e. The summed E-state index contributed by atoms with van der Waals surface area (Å²) >= 11 is 0. The summed E-state index contributed by atoms with van der Waals surface area (Å²) in [6.45, 7) is 2.20. The van der Waals surface area contributed by atoms with Crippen molar-refractivity contribution in [2.24, 2.45) is 5.73 Å². The fraction of sp³-hybridized carbons (Fsp3) is 0.824. The molecule has 0 heterocycles. The molecule has 0 saturated heterocycles. The molecule has 0 aromatic heterocycles. The summed E-state index contributed by atoms with van der Waals surface area (Å²) in [7, 11) is 0. The summed E-state index contributed by atoms with van der Waals surface area (Å²) in [4.78, 5) is 33.5. The quantitative estimate of drug-likeness (QED) is 0.425. The van der Waals surface area contributed by atoms with Crippen LogP contribution < -0.4 is 11.1 Å². The number of hydrogen-bond acceptors (Lipinski definition) is 4. The second kappa shape index (κ2) is 14.2. The summed E-state index contributed by atoms with van der Waals surface area (Å²) in [5, 5.41) is 10.9. The highest BCUT2D eigenvalue weighted by Gasteiger charge is 2.14. The van der Waals surface area contributed by atoms with Crippen LogP contribution in [0.4, 0.5) is 0 Å². The summed E-state index contributed by atoms with van der Waals surface area (Å²) in [6, 6.07) is -1.06. The first-order chi connectivity index (χ1) is 11.0. The molecule has 0 aliphatic heterocycles. The van der Waals surface area contributed by atoms with Crippen LogP contribution in [-0.2, 0) is 14.4 Å². The van der Waals surface area contributed by atoms with Gasteiger partial charge >= 0.3 is 5.97 Å². The second-order valence-corrected chi connectivity index (χ2v) is 6.03. The molecule has 0 radical (unpaired) electrons. The largest absolute Gasteiger partial charge is 0.480 e. The number of carbonyl (C=O) groups is 3. The third kappa shape index (κ3) is 13.9. The maximum absolute atomic E-state index is 11.6. The van der Waals surface area contributed by atoms with Crippen molar-refractivity contribution in [1.29, 1.82) is 0 Å². The zero-order valence-electron chi connectivity index (χ0n) is 14.3. The van der Waals surface area contributed by atoms with Gasteiger partial charge in [0.15, 0.2) is 0 Å². The molecule has 0 bridgehead atoms. The molecule has 0 aliphatic rings. The van der Waals surface area contributed by atoms with Crippen molar-refractivity contribution in [3.8, 4) is 0 Å². The Labute approximate surface area is 139 Å². The summed E-state index contributed by atoms with van der Waals surface area (Å²) in [6.07, 6.45) is 10.9. The average molecular weight is 328 g/mol. The van der Waals surface area contributed by atoms with E-state index in [0.717, 1.165) is 19.3 Å². The maximum Gasteiger partial charge on any atom is 0.320 e. The van der Waals surface area contributed by atoms with Gasteiger partial charge in [-0.05, 0) is 12.8 Å². The van der Waals surface area contributed by atoms with Crippen molar-refractivity contribution in [3.63, 3.8) is 0 Å². The van der Waals surface area contributed by atoms with Gasteiger partial charge in [-0.3, -0.25) is 19.7 Å². The van der Waals surface area contributed by atoms with Gasteiger partial charge in [0.05, 0.1) is 0 Å². The molecule has 0 spiro atoms. The number of imide groups is 1. The third-order valence-corrected chi connectivity index (χ3v) is 3.79. The molecule has 1 unspecified atom stereocenters. The molecule has 0 rings (SSSR count). The Balaban J connectivity index is 3.49. The number of rotatable bonds is 14. The molecule has 23 heavy (non-hydrogen) atoms. The number of nitrogens with one attached hydrogen (secondary N) is 1. The fourth-order valence-electron chi connectivity index (χ4n) is 2.29.